The molecule has 122 valence electrons. The number of rotatable bonds is 2. The number of esters is 1. The van der Waals surface area contributed by atoms with E-state index in [1.807, 2.05) is 18.2 Å². The van der Waals surface area contributed by atoms with Crippen LogP contribution in [0.25, 0.3) is 11.1 Å². The summed E-state index contributed by atoms with van der Waals surface area (Å²) in [5, 5.41) is 0. The normalized spacial score (nSPS) is 13.4. The molecule has 0 spiro atoms. The molecule has 0 aliphatic heterocycles. The third-order valence-electron chi connectivity index (χ3n) is 4.51. The number of aliphatic imine (C=N–C) groups is 1. The van der Waals surface area contributed by atoms with Crippen molar-refractivity contribution in [3.63, 3.8) is 0 Å². The Hall–Kier alpha value is -3.20. The number of hydrogen-bond donors (Lipinski definition) is 0. The van der Waals surface area contributed by atoms with Gasteiger partial charge in [0, 0.05) is 11.1 Å². The van der Waals surface area contributed by atoms with E-state index in [9.17, 15) is 4.79 Å². The van der Waals surface area contributed by atoms with Crippen LogP contribution in [0.4, 0.5) is 5.69 Å². The molecule has 0 saturated carbocycles. The molecule has 3 nitrogen and oxygen atoms in total. The van der Waals surface area contributed by atoms with E-state index in [1.54, 1.807) is 12.1 Å². The molecule has 0 radical (unpaired) electrons. The number of benzene rings is 3. The quantitative estimate of drug-likeness (QED) is 0.490. The number of fused-ring (bicyclic) bond motifs is 3. The van der Waals surface area contributed by atoms with Gasteiger partial charge < -0.3 is 4.74 Å². The van der Waals surface area contributed by atoms with Crippen molar-refractivity contribution < 1.29 is 9.53 Å². The van der Waals surface area contributed by atoms with Gasteiger partial charge in [0.15, 0.2) is 0 Å². The Kier molecular flexibility index (Phi) is 3.69. The van der Waals surface area contributed by atoms with Gasteiger partial charge in [-0.25, -0.2) is 9.79 Å². The maximum absolute atomic E-state index is 11.6. The van der Waals surface area contributed by atoms with Crippen molar-refractivity contribution in [3.8, 4) is 11.1 Å². The molecule has 0 amide bonds. The second-order valence-corrected chi connectivity index (χ2v) is 6.04. The van der Waals surface area contributed by atoms with Gasteiger partial charge in [0.1, 0.15) is 0 Å². The summed E-state index contributed by atoms with van der Waals surface area (Å²) in [5.74, 6) is -0.341. The maximum Gasteiger partial charge on any atom is 0.337 e. The Morgan fingerprint density at radius 3 is 2.24 bits per heavy atom. The molecule has 3 heteroatoms. The highest BCUT2D eigenvalue weighted by Gasteiger charge is 2.25. The van der Waals surface area contributed by atoms with Gasteiger partial charge in [-0.15, -0.1) is 0 Å². The number of ether oxygens (including phenoxy) is 1. The van der Waals surface area contributed by atoms with Crippen LogP contribution in [-0.4, -0.2) is 18.8 Å². The smallest absolute Gasteiger partial charge is 0.337 e. The third kappa shape index (κ3) is 2.54. The van der Waals surface area contributed by atoms with Gasteiger partial charge in [-0.2, -0.15) is 0 Å². The van der Waals surface area contributed by atoms with Crippen LogP contribution in [-0.2, 0) is 4.74 Å². The van der Waals surface area contributed by atoms with Gasteiger partial charge in [-0.3, -0.25) is 0 Å². The van der Waals surface area contributed by atoms with Crippen molar-refractivity contribution in [1.29, 1.82) is 0 Å². The fraction of sp³-hybridized carbons (Fsp3) is 0.0909. The van der Waals surface area contributed by atoms with Crippen LogP contribution in [0.1, 0.15) is 27.0 Å². The molecule has 4 rings (SSSR count). The van der Waals surface area contributed by atoms with Crippen LogP contribution < -0.4 is 0 Å². The first-order chi connectivity index (χ1) is 12.2. The largest absolute Gasteiger partial charge is 0.465 e. The number of hydrogen-bond acceptors (Lipinski definition) is 3. The lowest BCUT2D eigenvalue weighted by Gasteiger charge is -2.04. The Balaban J connectivity index is 1.84. The van der Waals surface area contributed by atoms with Crippen LogP contribution in [0.15, 0.2) is 71.7 Å². The molecule has 3 aromatic carbocycles. The van der Waals surface area contributed by atoms with Crippen LogP contribution in [0.3, 0.4) is 0 Å². The van der Waals surface area contributed by atoms with E-state index in [-0.39, 0.29) is 5.97 Å². The van der Waals surface area contributed by atoms with E-state index in [0.29, 0.717) is 5.56 Å². The van der Waals surface area contributed by atoms with Gasteiger partial charge in [0.05, 0.1) is 24.1 Å². The Bertz CT molecular complexity index is 1000. The molecule has 0 saturated heterocycles. The molecule has 25 heavy (non-hydrogen) atoms. The van der Waals surface area contributed by atoms with Gasteiger partial charge in [-0.1, -0.05) is 42.5 Å². The molecular formula is C22H17NO2. The Morgan fingerprint density at radius 1 is 0.840 bits per heavy atom. The molecule has 3 aromatic rings. The Labute approximate surface area is 146 Å². The summed E-state index contributed by atoms with van der Waals surface area (Å²) in [4.78, 5) is 16.4. The van der Waals surface area contributed by atoms with Crippen LogP contribution in [0, 0.1) is 6.92 Å². The first kappa shape index (κ1) is 15.3. The molecule has 0 N–H and O–H groups in total. The minimum Gasteiger partial charge on any atom is -0.465 e. The summed E-state index contributed by atoms with van der Waals surface area (Å²) in [6.45, 7) is 2.13. The van der Waals surface area contributed by atoms with E-state index >= 15 is 0 Å². The van der Waals surface area contributed by atoms with Crippen LogP contribution in [0.5, 0.6) is 0 Å². The number of methoxy groups -OCH3 is 1. The average Bonchev–Trinajstić information content (AvgIpc) is 2.97. The van der Waals surface area contributed by atoms with Crippen molar-refractivity contribution in [2.45, 2.75) is 6.92 Å². The summed E-state index contributed by atoms with van der Waals surface area (Å²) in [6, 6.07) is 21.8. The third-order valence-corrected chi connectivity index (χ3v) is 4.51. The average molecular weight is 327 g/mol. The molecule has 1 aliphatic carbocycles. The van der Waals surface area contributed by atoms with E-state index < -0.39 is 0 Å². The lowest BCUT2D eigenvalue weighted by Crippen LogP contribution is -2.00. The van der Waals surface area contributed by atoms with Gasteiger partial charge in [0.25, 0.3) is 0 Å². The fourth-order valence-electron chi connectivity index (χ4n) is 3.31. The van der Waals surface area contributed by atoms with Gasteiger partial charge >= 0.3 is 5.97 Å². The number of aryl methyl sites for hydroxylation is 1. The first-order valence-electron chi connectivity index (χ1n) is 8.16. The first-order valence-corrected chi connectivity index (χ1v) is 8.16. The van der Waals surface area contributed by atoms with Crippen molar-refractivity contribution in [2.75, 3.05) is 7.11 Å². The van der Waals surface area contributed by atoms with Gasteiger partial charge in [0.2, 0.25) is 0 Å². The molecule has 0 fully saturated rings. The lowest BCUT2D eigenvalue weighted by atomic mass is 10.0. The topological polar surface area (TPSA) is 38.7 Å². The second kappa shape index (κ2) is 6.02. The molecule has 0 heterocycles. The number of nitrogens with zero attached hydrogens (tertiary/aromatic N) is 1. The highest BCUT2D eigenvalue weighted by Crippen LogP contribution is 2.39. The molecule has 0 unspecified atom stereocenters. The van der Waals surface area contributed by atoms with Crippen molar-refractivity contribution in [1.82, 2.24) is 0 Å². The molecule has 0 atom stereocenters. The van der Waals surface area contributed by atoms with E-state index in [1.165, 1.54) is 23.8 Å². The highest BCUT2D eigenvalue weighted by molar-refractivity contribution is 6.25. The minimum absolute atomic E-state index is 0.341. The van der Waals surface area contributed by atoms with Crippen molar-refractivity contribution in [2.24, 2.45) is 4.99 Å². The summed E-state index contributed by atoms with van der Waals surface area (Å²) >= 11 is 0. The zero-order chi connectivity index (χ0) is 17.4. The lowest BCUT2D eigenvalue weighted by molar-refractivity contribution is 0.0601. The zero-order valence-electron chi connectivity index (χ0n) is 14.1. The molecule has 0 bridgehead atoms. The summed E-state index contributed by atoms with van der Waals surface area (Å²) < 4.78 is 4.74. The predicted molar refractivity (Wildman–Crippen MR) is 99.7 cm³/mol. The number of carbonyl (C=O) groups is 1. The fourth-order valence-corrected chi connectivity index (χ4v) is 3.31. The van der Waals surface area contributed by atoms with E-state index in [4.69, 9.17) is 9.73 Å². The molecule has 0 aromatic heterocycles. The van der Waals surface area contributed by atoms with Crippen molar-refractivity contribution in [3.05, 3.63) is 89.0 Å². The molecular weight excluding hydrogens is 310 g/mol. The SMILES string of the molecule is COC(=O)c1ccc(/N=C2\c3ccccc3-c3c(C)cccc32)cc1. The summed E-state index contributed by atoms with van der Waals surface area (Å²) in [7, 11) is 1.38. The predicted octanol–water partition coefficient (Wildman–Crippen LogP) is 4.93. The second-order valence-electron chi connectivity index (χ2n) is 6.04. The standard InChI is InChI=1S/C22H17NO2/c1-14-6-5-9-19-20(14)17-7-3-4-8-18(17)21(19)23-16-12-10-15(11-13-16)22(24)25-2/h3-13H,1-2H3/b23-21+. The monoisotopic (exact) mass is 327 g/mol. The maximum atomic E-state index is 11.6. The van der Waals surface area contributed by atoms with Crippen molar-refractivity contribution >= 4 is 17.4 Å². The summed E-state index contributed by atoms with van der Waals surface area (Å²) in [5.41, 5.74) is 8.32. The van der Waals surface area contributed by atoms with E-state index in [0.717, 1.165) is 22.5 Å². The minimum atomic E-state index is -0.341. The highest BCUT2D eigenvalue weighted by atomic mass is 16.5. The Morgan fingerprint density at radius 2 is 1.52 bits per heavy atom. The van der Waals surface area contributed by atoms with Crippen LogP contribution >= 0.6 is 0 Å². The summed E-state index contributed by atoms with van der Waals surface area (Å²) in [6.07, 6.45) is 0. The van der Waals surface area contributed by atoms with Crippen LogP contribution in [0.2, 0.25) is 0 Å². The van der Waals surface area contributed by atoms with E-state index in [2.05, 4.69) is 43.3 Å². The molecule has 1 aliphatic rings. The zero-order valence-corrected chi connectivity index (χ0v) is 14.1. The number of carbonyl (C=O) groups excluding carboxylic acids is 1. The van der Waals surface area contributed by atoms with Gasteiger partial charge in [-0.05, 0) is 47.9 Å².